The molecule has 0 N–H and O–H groups in total. The van der Waals surface area contributed by atoms with Gasteiger partial charge in [-0.05, 0) is 247 Å². The van der Waals surface area contributed by atoms with Crippen LogP contribution in [0.1, 0.15) is 89.0 Å². The summed E-state index contributed by atoms with van der Waals surface area (Å²) in [5, 5.41) is 2.50. The number of hydrogen-bond acceptors (Lipinski definition) is 3. The Bertz CT molecular complexity index is 3170. The van der Waals surface area contributed by atoms with E-state index in [1.807, 2.05) is 0 Å². The molecule has 4 nitrogen and oxygen atoms in total. The third kappa shape index (κ3) is 7.28. The van der Waals surface area contributed by atoms with Gasteiger partial charge in [-0.25, -0.2) is 15.0 Å². The molecule has 0 radical (unpaired) electrons. The molecular weight excluding hydrogens is 789 g/mol. The van der Waals surface area contributed by atoms with Crippen LogP contribution < -0.4 is 0 Å². The van der Waals surface area contributed by atoms with E-state index >= 15 is 0 Å². The van der Waals surface area contributed by atoms with Gasteiger partial charge in [-0.1, -0.05) is 59.7 Å². The first kappa shape index (κ1) is 43.6. The lowest BCUT2D eigenvalue weighted by molar-refractivity contribution is 1.05. The van der Waals surface area contributed by atoms with Crippen molar-refractivity contribution in [3.8, 4) is 62.1 Å². The van der Waals surface area contributed by atoms with E-state index in [2.05, 4.69) is 200 Å². The smallest absolute Gasteiger partial charge is 0.164 e. The maximum absolute atomic E-state index is 5.30. The summed E-state index contributed by atoms with van der Waals surface area (Å²) in [5.41, 5.74) is 31.9. The van der Waals surface area contributed by atoms with E-state index in [-0.39, 0.29) is 0 Å². The Kier molecular flexibility index (Phi) is 10.8. The Morgan fingerprint density at radius 3 is 0.985 bits per heavy atom. The minimum Gasteiger partial charge on any atom is -0.309 e. The van der Waals surface area contributed by atoms with E-state index in [1.54, 1.807) is 0 Å². The third-order valence-corrected chi connectivity index (χ3v) is 14.5. The number of aryl methyl sites for hydroxylation is 12. The fourth-order valence-corrected chi connectivity index (χ4v) is 11.1. The van der Waals surface area contributed by atoms with Gasteiger partial charge in [-0.2, -0.15) is 0 Å². The van der Waals surface area contributed by atoms with Crippen LogP contribution in [0.4, 0.5) is 0 Å². The summed E-state index contributed by atoms with van der Waals surface area (Å²) in [6, 6.07) is 32.4. The summed E-state index contributed by atoms with van der Waals surface area (Å²) in [4.78, 5) is 15.9. The van der Waals surface area contributed by atoms with Crippen molar-refractivity contribution in [2.75, 3.05) is 0 Å². The molecule has 0 unspecified atom stereocenters. The molecule has 0 saturated carbocycles. The highest BCUT2D eigenvalue weighted by atomic mass is 15.0. The van der Waals surface area contributed by atoms with Gasteiger partial charge in [0.05, 0.1) is 16.7 Å². The monoisotopic (exact) mass is 850 g/mol. The first-order chi connectivity index (χ1) is 30.8. The Morgan fingerprint density at radius 1 is 0.292 bits per heavy atom. The van der Waals surface area contributed by atoms with Crippen LogP contribution >= 0.6 is 0 Å². The second-order valence-corrected chi connectivity index (χ2v) is 19.4. The Labute approximate surface area is 386 Å². The fraction of sp³-hybridized carbons (Fsp3) is 0.262. The Balaban J connectivity index is 1.29. The molecule has 65 heavy (non-hydrogen) atoms. The van der Waals surface area contributed by atoms with E-state index in [4.69, 9.17) is 15.0 Å². The minimum atomic E-state index is 0.677. The van der Waals surface area contributed by atoms with Crippen molar-refractivity contribution in [3.05, 3.63) is 174 Å². The average molecular weight is 851 g/mol. The molecule has 7 aromatic carbocycles. The average Bonchev–Trinajstić information content (AvgIpc) is 3.54. The second kappa shape index (κ2) is 16.1. The number of fused-ring (bicyclic) bond motifs is 3. The molecule has 0 amide bonds. The number of rotatable bonds is 6. The predicted octanol–water partition coefficient (Wildman–Crippen LogP) is 16.2. The van der Waals surface area contributed by atoms with Crippen LogP contribution in [-0.4, -0.2) is 19.5 Å². The standard InChI is InChI=1S/C61H62N4/c1-31-21-37(7)54(38(8)22-31)60-62-59(63-61(64-60)55-39(9)23-32(2)24-40(55)10)49-27-41(11)58(42(12)28-49)65-52-19-17-47(56-43(13)33(3)25-34(4)44(56)14)29-50(52)51-30-48(18-20-53(51)65)57-45(15)35(5)26-36(6)46(57)16/h17-30H,1-16H3. The summed E-state index contributed by atoms with van der Waals surface area (Å²) in [6.07, 6.45) is 0. The molecule has 0 atom stereocenters. The molecule has 0 spiro atoms. The van der Waals surface area contributed by atoms with Gasteiger partial charge in [0.1, 0.15) is 0 Å². The molecule has 0 fully saturated rings. The van der Waals surface area contributed by atoms with Crippen molar-refractivity contribution in [2.24, 2.45) is 0 Å². The quantitative estimate of drug-likeness (QED) is 0.167. The lowest BCUT2D eigenvalue weighted by Gasteiger charge is -2.18. The number of hydrogen-bond donors (Lipinski definition) is 0. The van der Waals surface area contributed by atoms with Crippen molar-refractivity contribution in [1.82, 2.24) is 19.5 Å². The molecule has 2 heterocycles. The van der Waals surface area contributed by atoms with E-state index in [9.17, 15) is 0 Å². The minimum absolute atomic E-state index is 0.677. The fourth-order valence-electron chi connectivity index (χ4n) is 11.1. The van der Waals surface area contributed by atoms with Crippen molar-refractivity contribution < 1.29 is 0 Å². The van der Waals surface area contributed by atoms with E-state index in [1.165, 1.54) is 105 Å². The van der Waals surface area contributed by atoms with E-state index in [0.717, 1.165) is 50.1 Å². The maximum atomic E-state index is 5.30. The summed E-state index contributed by atoms with van der Waals surface area (Å²) < 4.78 is 2.50. The van der Waals surface area contributed by atoms with E-state index in [0.29, 0.717) is 17.5 Å². The molecule has 9 rings (SSSR count). The molecule has 4 heteroatoms. The molecule has 9 aromatic rings. The Morgan fingerprint density at radius 2 is 0.631 bits per heavy atom. The van der Waals surface area contributed by atoms with Crippen LogP contribution in [0.3, 0.4) is 0 Å². The summed E-state index contributed by atoms with van der Waals surface area (Å²) >= 11 is 0. The second-order valence-electron chi connectivity index (χ2n) is 19.4. The highest BCUT2D eigenvalue weighted by Crippen LogP contribution is 2.43. The van der Waals surface area contributed by atoms with Crippen LogP contribution in [0.5, 0.6) is 0 Å². The van der Waals surface area contributed by atoms with Crippen molar-refractivity contribution in [3.63, 3.8) is 0 Å². The van der Waals surface area contributed by atoms with Crippen molar-refractivity contribution >= 4 is 21.8 Å². The molecule has 2 aromatic heterocycles. The van der Waals surface area contributed by atoms with Crippen LogP contribution in [0, 0.1) is 111 Å². The maximum Gasteiger partial charge on any atom is 0.164 e. The lowest BCUT2D eigenvalue weighted by atomic mass is 9.88. The van der Waals surface area contributed by atoms with Crippen LogP contribution in [0.2, 0.25) is 0 Å². The molecule has 0 aliphatic carbocycles. The summed E-state index contributed by atoms with van der Waals surface area (Å²) in [5.74, 6) is 2.09. The summed E-state index contributed by atoms with van der Waals surface area (Å²) in [6.45, 7) is 35.4. The van der Waals surface area contributed by atoms with Gasteiger partial charge in [-0.3, -0.25) is 0 Å². The van der Waals surface area contributed by atoms with E-state index < -0.39 is 0 Å². The highest BCUT2D eigenvalue weighted by Gasteiger charge is 2.23. The van der Waals surface area contributed by atoms with Gasteiger partial charge < -0.3 is 4.57 Å². The zero-order chi connectivity index (χ0) is 46.5. The number of nitrogens with zero attached hydrogens (tertiary/aromatic N) is 4. The van der Waals surface area contributed by atoms with Crippen molar-refractivity contribution in [2.45, 2.75) is 111 Å². The van der Waals surface area contributed by atoms with Gasteiger partial charge in [0.25, 0.3) is 0 Å². The molecule has 326 valence electrons. The number of benzene rings is 7. The van der Waals surface area contributed by atoms with Gasteiger partial charge in [0.2, 0.25) is 0 Å². The predicted molar refractivity (Wildman–Crippen MR) is 277 cm³/mol. The van der Waals surface area contributed by atoms with Gasteiger partial charge in [-0.15, -0.1) is 0 Å². The SMILES string of the molecule is Cc1cc(C)c(-c2nc(-c3cc(C)c(-n4c5ccc(-c6c(C)c(C)cc(C)c6C)cc5c5cc(-c6c(C)c(C)cc(C)c6C)ccc54)c(C)c3)nc(-c3c(C)cc(C)cc3C)n2)c(C)c1. The van der Waals surface area contributed by atoms with Crippen LogP contribution in [0.25, 0.3) is 83.9 Å². The van der Waals surface area contributed by atoms with Gasteiger partial charge >= 0.3 is 0 Å². The highest BCUT2D eigenvalue weighted by molar-refractivity contribution is 6.12. The first-order valence-electron chi connectivity index (χ1n) is 23.1. The van der Waals surface area contributed by atoms with Crippen LogP contribution in [-0.2, 0) is 0 Å². The molecule has 0 aliphatic heterocycles. The molecule has 0 bridgehead atoms. The van der Waals surface area contributed by atoms with Gasteiger partial charge in [0.15, 0.2) is 17.5 Å². The summed E-state index contributed by atoms with van der Waals surface area (Å²) in [7, 11) is 0. The lowest BCUT2D eigenvalue weighted by Crippen LogP contribution is -2.06. The third-order valence-electron chi connectivity index (χ3n) is 14.5. The van der Waals surface area contributed by atoms with Gasteiger partial charge in [0, 0.05) is 27.5 Å². The first-order valence-corrected chi connectivity index (χ1v) is 23.1. The zero-order valence-corrected chi connectivity index (χ0v) is 41.4. The largest absolute Gasteiger partial charge is 0.309 e. The zero-order valence-electron chi connectivity index (χ0n) is 41.4. The Hall–Kier alpha value is -6.65. The molecule has 0 aliphatic rings. The number of aromatic nitrogens is 4. The topological polar surface area (TPSA) is 43.6 Å². The van der Waals surface area contributed by atoms with Crippen molar-refractivity contribution in [1.29, 1.82) is 0 Å². The molecular formula is C61H62N4. The normalized spacial score (nSPS) is 11.7. The van der Waals surface area contributed by atoms with Crippen LogP contribution in [0.15, 0.2) is 84.9 Å². The molecule has 0 saturated heterocycles.